The summed E-state index contributed by atoms with van der Waals surface area (Å²) in [6, 6.07) is 4.84. The second kappa shape index (κ2) is 5.81. The zero-order valence-corrected chi connectivity index (χ0v) is 12.3. The Bertz CT molecular complexity index is 698. The average molecular weight is 323 g/mol. The monoisotopic (exact) mass is 323 g/mol. The van der Waals surface area contributed by atoms with Crippen LogP contribution in [-0.2, 0) is 11.7 Å². The molecule has 2 aromatic rings. The van der Waals surface area contributed by atoms with Gasteiger partial charge >= 0.3 is 6.18 Å². The Labute approximate surface area is 131 Å². The average Bonchev–Trinajstić information content (AvgIpc) is 3.14. The molecule has 0 aliphatic heterocycles. The lowest BCUT2D eigenvalue weighted by Gasteiger charge is -2.17. The maximum atomic E-state index is 12.5. The minimum atomic E-state index is -4.33. The van der Waals surface area contributed by atoms with Crippen LogP contribution in [0.25, 0.3) is 12.2 Å². The van der Waals surface area contributed by atoms with Gasteiger partial charge in [0.15, 0.2) is 5.82 Å². The molecule has 0 atom stereocenters. The van der Waals surface area contributed by atoms with Crippen LogP contribution >= 0.6 is 0 Å². The predicted molar refractivity (Wildman–Crippen MR) is 79.0 cm³/mol. The summed E-state index contributed by atoms with van der Waals surface area (Å²) in [4.78, 5) is 4.27. The molecular weight excluding hydrogens is 307 g/mol. The van der Waals surface area contributed by atoms with E-state index >= 15 is 0 Å². The SMILES string of the molecule is NC1(c2noc(/C=C/c3ccc(C(F)(F)F)cc3)n2)CCCC1. The first-order chi connectivity index (χ1) is 10.9. The number of hydrogen-bond acceptors (Lipinski definition) is 4. The Balaban J connectivity index is 1.72. The molecule has 1 fully saturated rings. The molecule has 3 rings (SSSR count). The fourth-order valence-electron chi connectivity index (χ4n) is 2.69. The Morgan fingerprint density at radius 3 is 2.35 bits per heavy atom. The molecule has 0 bridgehead atoms. The van der Waals surface area contributed by atoms with E-state index in [-0.39, 0.29) is 5.89 Å². The molecular formula is C16H16F3N3O. The van der Waals surface area contributed by atoms with E-state index in [2.05, 4.69) is 10.1 Å². The lowest BCUT2D eigenvalue weighted by atomic mass is 9.99. The number of alkyl halides is 3. The van der Waals surface area contributed by atoms with Crippen molar-refractivity contribution in [1.29, 1.82) is 0 Å². The Kier molecular flexibility index (Phi) is 3.97. The van der Waals surface area contributed by atoms with Gasteiger partial charge in [0, 0.05) is 6.08 Å². The summed E-state index contributed by atoms with van der Waals surface area (Å²) in [6.45, 7) is 0. The minimum Gasteiger partial charge on any atom is -0.335 e. The first-order valence-corrected chi connectivity index (χ1v) is 7.35. The van der Waals surface area contributed by atoms with Crippen LogP contribution in [0.2, 0.25) is 0 Å². The Hall–Kier alpha value is -2.15. The highest BCUT2D eigenvalue weighted by molar-refractivity contribution is 5.66. The van der Waals surface area contributed by atoms with Gasteiger partial charge in [0.05, 0.1) is 11.1 Å². The summed E-state index contributed by atoms with van der Waals surface area (Å²) in [7, 11) is 0. The molecule has 7 heteroatoms. The third kappa shape index (κ3) is 3.44. The molecule has 1 aliphatic rings. The van der Waals surface area contributed by atoms with Crippen molar-refractivity contribution in [2.45, 2.75) is 37.4 Å². The molecule has 0 amide bonds. The van der Waals surface area contributed by atoms with Crippen LogP contribution < -0.4 is 5.73 Å². The van der Waals surface area contributed by atoms with Crippen LogP contribution in [0.1, 0.15) is 48.5 Å². The van der Waals surface area contributed by atoms with Crippen molar-refractivity contribution >= 4 is 12.2 Å². The van der Waals surface area contributed by atoms with Crippen LogP contribution in [0, 0.1) is 0 Å². The van der Waals surface area contributed by atoms with Crippen LogP contribution in [0.4, 0.5) is 13.2 Å². The van der Waals surface area contributed by atoms with E-state index in [0.717, 1.165) is 37.8 Å². The number of nitrogens with zero attached hydrogens (tertiary/aromatic N) is 2. The van der Waals surface area contributed by atoms with Crippen molar-refractivity contribution in [3.05, 3.63) is 47.1 Å². The normalized spacial score (nSPS) is 17.9. The highest BCUT2D eigenvalue weighted by Gasteiger charge is 2.35. The van der Waals surface area contributed by atoms with Crippen molar-refractivity contribution in [2.24, 2.45) is 5.73 Å². The highest BCUT2D eigenvalue weighted by atomic mass is 19.4. The van der Waals surface area contributed by atoms with E-state index in [0.29, 0.717) is 11.4 Å². The van der Waals surface area contributed by atoms with Crippen molar-refractivity contribution in [3.8, 4) is 0 Å². The summed E-state index contributed by atoms with van der Waals surface area (Å²) >= 11 is 0. The molecule has 0 saturated heterocycles. The third-order valence-electron chi connectivity index (χ3n) is 4.04. The quantitative estimate of drug-likeness (QED) is 0.927. The van der Waals surface area contributed by atoms with Gasteiger partial charge < -0.3 is 10.3 Å². The molecule has 1 aliphatic carbocycles. The van der Waals surface area contributed by atoms with Crippen LogP contribution in [-0.4, -0.2) is 10.1 Å². The smallest absolute Gasteiger partial charge is 0.335 e. The van der Waals surface area contributed by atoms with E-state index in [1.807, 2.05) is 0 Å². The second-order valence-electron chi connectivity index (χ2n) is 5.77. The van der Waals surface area contributed by atoms with Gasteiger partial charge in [0.1, 0.15) is 0 Å². The molecule has 23 heavy (non-hydrogen) atoms. The summed E-state index contributed by atoms with van der Waals surface area (Å²) in [5.41, 5.74) is 5.65. The van der Waals surface area contributed by atoms with Crippen molar-refractivity contribution in [2.75, 3.05) is 0 Å². The summed E-state index contributed by atoms with van der Waals surface area (Å²) in [5.74, 6) is 0.777. The molecule has 0 radical (unpaired) electrons. The fraction of sp³-hybridized carbons (Fsp3) is 0.375. The summed E-state index contributed by atoms with van der Waals surface area (Å²) in [5, 5.41) is 3.92. The first kappa shape index (κ1) is 15.7. The minimum absolute atomic E-state index is 0.289. The van der Waals surface area contributed by atoms with Gasteiger partial charge in [-0.1, -0.05) is 30.1 Å². The topological polar surface area (TPSA) is 64.9 Å². The first-order valence-electron chi connectivity index (χ1n) is 7.35. The zero-order valence-electron chi connectivity index (χ0n) is 12.3. The summed E-state index contributed by atoms with van der Waals surface area (Å²) in [6.07, 6.45) is 2.60. The third-order valence-corrected chi connectivity index (χ3v) is 4.04. The molecule has 4 nitrogen and oxygen atoms in total. The second-order valence-corrected chi connectivity index (χ2v) is 5.77. The predicted octanol–water partition coefficient (Wildman–Crippen LogP) is 3.99. The lowest BCUT2D eigenvalue weighted by molar-refractivity contribution is -0.137. The Morgan fingerprint density at radius 1 is 1.09 bits per heavy atom. The summed E-state index contributed by atoms with van der Waals surface area (Å²) < 4.78 is 42.6. The van der Waals surface area contributed by atoms with E-state index < -0.39 is 17.3 Å². The van der Waals surface area contributed by atoms with Crippen molar-refractivity contribution in [3.63, 3.8) is 0 Å². The van der Waals surface area contributed by atoms with E-state index in [1.54, 1.807) is 12.2 Å². The zero-order chi connectivity index (χ0) is 16.5. The van der Waals surface area contributed by atoms with Gasteiger partial charge in [-0.3, -0.25) is 0 Å². The van der Waals surface area contributed by atoms with Gasteiger partial charge in [0.25, 0.3) is 5.89 Å². The highest BCUT2D eigenvalue weighted by Crippen LogP contribution is 2.34. The maximum Gasteiger partial charge on any atom is 0.416 e. The van der Waals surface area contributed by atoms with E-state index in [9.17, 15) is 13.2 Å². The van der Waals surface area contributed by atoms with Gasteiger partial charge in [-0.15, -0.1) is 0 Å². The largest absolute Gasteiger partial charge is 0.416 e. The van der Waals surface area contributed by atoms with Crippen molar-refractivity contribution in [1.82, 2.24) is 10.1 Å². The van der Waals surface area contributed by atoms with Gasteiger partial charge in [0.2, 0.25) is 0 Å². The molecule has 1 aromatic carbocycles. The number of halogens is 3. The van der Waals surface area contributed by atoms with Crippen LogP contribution in [0.15, 0.2) is 28.8 Å². The molecule has 1 saturated carbocycles. The van der Waals surface area contributed by atoms with Gasteiger partial charge in [-0.25, -0.2) is 0 Å². The molecule has 2 N–H and O–H groups in total. The molecule has 122 valence electrons. The molecule has 0 unspecified atom stereocenters. The molecule has 1 aromatic heterocycles. The molecule has 1 heterocycles. The van der Waals surface area contributed by atoms with E-state index in [4.69, 9.17) is 10.3 Å². The number of benzene rings is 1. The van der Waals surface area contributed by atoms with Gasteiger partial charge in [-0.05, 0) is 36.6 Å². The number of nitrogens with two attached hydrogens (primary N) is 1. The number of aromatic nitrogens is 2. The molecule has 0 spiro atoms. The van der Waals surface area contributed by atoms with Crippen LogP contribution in [0.5, 0.6) is 0 Å². The van der Waals surface area contributed by atoms with Crippen LogP contribution in [0.3, 0.4) is 0 Å². The van der Waals surface area contributed by atoms with Crippen molar-refractivity contribution < 1.29 is 17.7 Å². The van der Waals surface area contributed by atoms with E-state index in [1.165, 1.54) is 12.1 Å². The Morgan fingerprint density at radius 2 is 1.74 bits per heavy atom. The number of rotatable bonds is 3. The standard InChI is InChI=1S/C16H16F3N3O/c17-16(18,19)12-6-3-11(4-7-12)5-8-13-21-14(22-23-13)15(20)9-1-2-10-15/h3-8H,1-2,9-10,20H2/b8-5+. The number of hydrogen-bond donors (Lipinski definition) is 1. The fourth-order valence-corrected chi connectivity index (χ4v) is 2.69. The maximum absolute atomic E-state index is 12.5. The van der Waals surface area contributed by atoms with Gasteiger partial charge in [-0.2, -0.15) is 18.2 Å². The lowest BCUT2D eigenvalue weighted by Crippen LogP contribution is -2.34.